The van der Waals surface area contributed by atoms with Crippen molar-refractivity contribution < 1.29 is 19.4 Å². The van der Waals surface area contributed by atoms with E-state index < -0.39 is 23.8 Å². The molecule has 6 nitrogen and oxygen atoms in total. The number of benzene rings is 1. The number of amides is 1. The zero-order valence-electron chi connectivity index (χ0n) is 11.1. The highest BCUT2D eigenvalue weighted by Gasteiger charge is 2.22. The molecule has 6 heteroatoms. The minimum Gasteiger partial charge on any atom is -0.497 e. The van der Waals surface area contributed by atoms with E-state index in [0.717, 1.165) is 0 Å². The van der Waals surface area contributed by atoms with Crippen LogP contribution in [0.1, 0.15) is 24.2 Å². The zero-order valence-corrected chi connectivity index (χ0v) is 11.1. The molecule has 1 aromatic rings. The standard InChI is InChI=1S/C13H18N2O4/c1-7(13(17)18)8(2)15-12(16)10-5-4-9(19-3)6-11(10)14/h4-8H,14H2,1-3H3,(H,15,16)(H,17,18). The number of hydrogen-bond donors (Lipinski definition) is 3. The van der Waals surface area contributed by atoms with E-state index in [9.17, 15) is 9.59 Å². The van der Waals surface area contributed by atoms with Crippen molar-refractivity contribution in [3.63, 3.8) is 0 Å². The number of nitrogens with two attached hydrogens (primary N) is 1. The molecule has 0 saturated heterocycles. The minimum absolute atomic E-state index is 0.284. The predicted molar refractivity (Wildman–Crippen MR) is 71.1 cm³/mol. The summed E-state index contributed by atoms with van der Waals surface area (Å²) in [6, 6.07) is 4.21. The van der Waals surface area contributed by atoms with Gasteiger partial charge < -0.3 is 20.9 Å². The fraction of sp³-hybridized carbons (Fsp3) is 0.385. The first kappa shape index (κ1) is 14.8. The third-order valence-electron chi connectivity index (χ3n) is 3.00. The molecule has 1 amide bonds. The van der Waals surface area contributed by atoms with Gasteiger partial charge in [-0.05, 0) is 26.0 Å². The number of aliphatic carboxylic acids is 1. The summed E-state index contributed by atoms with van der Waals surface area (Å²) in [5, 5.41) is 11.5. The van der Waals surface area contributed by atoms with Gasteiger partial charge in [-0.1, -0.05) is 0 Å². The minimum atomic E-state index is -0.962. The van der Waals surface area contributed by atoms with Crippen LogP contribution in [0.15, 0.2) is 18.2 Å². The van der Waals surface area contributed by atoms with Crippen LogP contribution in [0.4, 0.5) is 5.69 Å². The molecule has 1 aromatic carbocycles. The van der Waals surface area contributed by atoms with E-state index in [1.54, 1.807) is 25.1 Å². The lowest BCUT2D eigenvalue weighted by molar-refractivity contribution is -0.141. The first-order chi connectivity index (χ1) is 8.86. The summed E-state index contributed by atoms with van der Waals surface area (Å²) in [6.07, 6.45) is 0. The summed E-state index contributed by atoms with van der Waals surface area (Å²) in [6.45, 7) is 3.17. The van der Waals surface area contributed by atoms with Crippen molar-refractivity contribution in [2.45, 2.75) is 19.9 Å². The second-order valence-electron chi connectivity index (χ2n) is 4.34. The normalized spacial score (nSPS) is 13.4. The first-order valence-electron chi connectivity index (χ1n) is 5.84. The van der Waals surface area contributed by atoms with Crippen molar-refractivity contribution in [2.75, 3.05) is 12.8 Å². The molecule has 2 atom stereocenters. The Bertz CT molecular complexity index is 488. The molecule has 0 heterocycles. The van der Waals surface area contributed by atoms with Gasteiger partial charge >= 0.3 is 5.97 Å². The van der Waals surface area contributed by atoms with E-state index in [4.69, 9.17) is 15.6 Å². The number of hydrogen-bond acceptors (Lipinski definition) is 4. The molecule has 19 heavy (non-hydrogen) atoms. The highest BCUT2D eigenvalue weighted by molar-refractivity contribution is 5.99. The summed E-state index contributed by atoms with van der Waals surface area (Å²) in [4.78, 5) is 22.8. The van der Waals surface area contributed by atoms with Gasteiger partial charge in [-0.3, -0.25) is 9.59 Å². The maximum atomic E-state index is 12.0. The number of anilines is 1. The molecule has 2 unspecified atom stereocenters. The first-order valence-corrected chi connectivity index (χ1v) is 5.84. The van der Waals surface area contributed by atoms with Crippen LogP contribution in [-0.4, -0.2) is 30.1 Å². The maximum absolute atomic E-state index is 12.0. The van der Waals surface area contributed by atoms with E-state index in [0.29, 0.717) is 11.3 Å². The highest BCUT2D eigenvalue weighted by Crippen LogP contribution is 2.19. The van der Waals surface area contributed by atoms with Crippen LogP contribution in [-0.2, 0) is 4.79 Å². The zero-order chi connectivity index (χ0) is 14.6. The SMILES string of the molecule is COc1ccc(C(=O)NC(C)C(C)C(=O)O)c(N)c1. The molecule has 0 spiro atoms. The van der Waals surface area contributed by atoms with Crippen LogP contribution in [0.5, 0.6) is 5.75 Å². The van der Waals surface area contributed by atoms with E-state index in [1.165, 1.54) is 14.0 Å². The molecule has 4 N–H and O–H groups in total. The number of rotatable bonds is 5. The van der Waals surface area contributed by atoms with Crippen LogP contribution < -0.4 is 15.8 Å². The van der Waals surface area contributed by atoms with Crippen molar-refractivity contribution in [3.05, 3.63) is 23.8 Å². The average molecular weight is 266 g/mol. The fourth-order valence-corrected chi connectivity index (χ4v) is 1.50. The van der Waals surface area contributed by atoms with Crippen LogP contribution >= 0.6 is 0 Å². The molecule has 0 aliphatic heterocycles. The molecule has 0 bridgehead atoms. The summed E-state index contributed by atoms with van der Waals surface area (Å²) in [5.41, 5.74) is 6.33. The molecule has 0 aliphatic rings. The maximum Gasteiger partial charge on any atom is 0.308 e. The quantitative estimate of drug-likeness (QED) is 0.693. The van der Waals surface area contributed by atoms with Crippen molar-refractivity contribution >= 4 is 17.6 Å². The smallest absolute Gasteiger partial charge is 0.308 e. The Labute approximate surface area is 111 Å². The van der Waals surface area contributed by atoms with E-state index in [-0.39, 0.29) is 5.69 Å². The number of carbonyl (C=O) groups is 2. The Balaban J connectivity index is 2.81. The van der Waals surface area contributed by atoms with Gasteiger partial charge in [0.15, 0.2) is 0 Å². The van der Waals surface area contributed by atoms with Crippen LogP contribution in [0.3, 0.4) is 0 Å². The van der Waals surface area contributed by atoms with Gasteiger partial charge in [-0.25, -0.2) is 0 Å². The number of nitrogens with one attached hydrogen (secondary N) is 1. The van der Waals surface area contributed by atoms with Gasteiger partial charge in [0, 0.05) is 17.8 Å². The number of methoxy groups -OCH3 is 1. The predicted octanol–water partition coefficient (Wildman–Crippen LogP) is 1.12. The average Bonchev–Trinajstić information content (AvgIpc) is 2.36. The Morgan fingerprint density at radius 3 is 2.47 bits per heavy atom. The molecule has 104 valence electrons. The number of carbonyl (C=O) groups excluding carboxylic acids is 1. The van der Waals surface area contributed by atoms with Crippen molar-refractivity contribution in [1.82, 2.24) is 5.32 Å². The Kier molecular flexibility index (Phi) is 4.74. The van der Waals surface area contributed by atoms with Crippen LogP contribution in [0.2, 0.25) is 0 Å². The second kappa shape index (κ2) is 6.08. The van der Waals surface area contributed by atoms with E-state index in [1.807, 2.05) is 0 Å². The van der Waals surface area contributed by atoms with Gasteiger partial charge in [-0.2, -0.15) is 0 Å². The van der Waals surface area contributed by atoms with Crippen LogP contribution in [0, 0.1) is 5.92 Å². The third kappa shape index (κ3) is 3.61. The van der Waals surface area contributed by atoms with E-state index in [2.05, 4.69) is 5.32 Å². The second-order valence-corrected chi connectivity index (χ2v) is 4.34. The number of nitrogen functional groups attached to an aromatic ring is 1. The van der Waals surface area contributed by atoms with Gasteiger partial charge in [0.25, 0.3) is 5.91 Å². The fourth-order valence-electron chi connectivity index (χ4n) is 1.50. The number of ether oxygens (including phenoxy) is 1. The molecular weight excluding hydrogens is 248 g/mol. The summed E-state index contributed by atoms with van der Waals surface area (Å²) in [7, 11) is 1.51. The monoisotopic (exact) mass is 266 g/mol. The van der Waals surface area contributed by atoms with Gasteiger partial charge in [0.1, 0.15) is 5.75 Å². The van der Waals surface area contributed by atoms with Gasteiger partial charge in [0.05, 0.1) is 18.6 Å². The van der Waals surface area contributed by atoms with E-state index >= 15 is 0 Å². The molecule has 0 radical (unpaired) electrons. The lowest BCUT2D eigenvalue weighted by atomic mass is 10.0. The lowest BCUT2D eigenvalue weighted by Gasteiger charge is -2.18. The molecule has 1 rings (SSSR count). The van der Waals surface area contributed by atoms with Gasteiger partial charge in [-0.15, -0.1) is 0 Å². The number of carboxylic acid groups (broad SMARTS) is 1. The Morgan fingerprint density at radius 1 is 1.37 bits per heavy atom. The summed E-state index contributed by atoms with van der Waals surface area (Å²) in [5.74, 6) is -1.49. The molecule has 0 saturated carbocycles. The van der Waals surface area contributed by atoms with Crippen molar-refractivity contribution in [3.8, 4) is 5.75 Å². The molecular formula is C13H18N2O4. The van der Waals surface area contributed by atoms with Crippen molar-refractivity contribution in [2.24, 2.45) is 5.92 Å². The highest BCUT2D eigenvalue weighted by atomic mass is 16.5. The lowest BCUT2D eigenvalue weighted by Crippen LogP contribution is -2.40. The summed E-state index contributed by atoms with van der Waals surface area (Å²) >= 11 is 0. The van der Waals surface area contributed by atoms with Gasteiger partial charge in [0.2, 0.25) is 0 Å². The summed E-state index contributed by atoms with van der Waals surface area (Å²) < 4.78 is 4.99. The number of carboxylic acids is 1. The Morgan fingerprint density at radius 2 is 2.00 bits per heavy atom. The Hall–Kier alpha value is -2.24. The largest absolute Gasteiger partial charge is 0.497 e. The third-order valence-corrected chi connectivity index (χ3v) is 3.00. The molecule has 0 aliphatic carbocycles. The van der Waals surface area contributed by atoms with Crippen LogP contribution in [0.25, 0.3) is 0 Å². The molecule has 0 fully saturated rings. The molecule has 0 aromatic heterocycles. The topological polar surface area (TPSA) is 102 Å². The van der Waals surface area contributed by atoms with Crippen molar-refractivity contribution in [1.29, 1.82) is 0 Å².